The monoisotopic (exact) mass is 518 g/mol. The van der Waals surface area contributed by atoms with Gasteiger partial charge >= 0.3 is 6.36 Å². The zero-order valence-electron chi connectivity index (χ0n) is 19.7. The third kappa shape index (κ3) is 5.52. The van der Waals surface area contributed by atoms with Crippen molar-refractivity contribution in [1.82, 2.24) is 19.4 Å². The Bertz CT molecular complexity index is 1220. The number of amides is 1. The van der Waals surface area contributed by atoms with Crippen molar-refractivity contribution in [1.29, 1.82) is 0 Å². The SMILES string of the molecule is CCN1CC2C(C1)C2CN(Cc1cccc(Cl)c1)C(=O)c1cn(-c2ccc(OC(F)(F)F)cc2)cn1. The molecule has 2 unspecified atom stereocenters. The van der Waals surface area contributed by atoms with Crippen molar-refractivity contribution in [3.8, 4) is 11.4 Å². The summed E-state index contributed by atoms with van der Waals surface area (Å²) in [5.41, 5.74) is 1.78. The average molecular weight is 519 g/mol. The van der Waals surface area contributed by atoms with E-state index >= 15 is 0 Å². The standard InChI is InChI=1S/C26H26ClF3N4O2/c1-2-32-12-21-22(13-32)23(21)14-33(11-17-4-3-5-18(27)10-17)25(35)24-15-34(16-31-24)19-6-8-20(9-7-19)36-26(28,29)30/h3-10,15-16,21-23H,2,11-14H2,1H3. The van der Waals surface area contributed by atoms with E-state index in [1.54, 1.807) is 16.8 Å². The van der Waals surface area contributed by atoms with Crippen molar-refractivity contribution in [2.75, 3.05) is 26.2 Å². The van der Waals surface area contributed by atoms with Crippen molar-refractivity contribution in [3.05, 3.63) is 77.3 Å². The van der Waals surface area contributed by atoms with Crippen molar-refractivity contribution in [3.63, 3.8) is 0 Å². The van der Waals surface area contributed by atoms with Gasteiger partial charge in [-0.3, -0.25) is 4.79 Å². The zero-order valence-corrected chi connectivity index (χ0v) is 20.4. The van der Waals surface area contributed by atoms with E-state index in [9.17, 15) is 18.0 Å². The van der Waals surface area contributed by atoms with Gasteiger partial charge in [0.2, 0.25) is 0 Å². The molecule has 3 aromatic rings. The lowest BCUT2D eigenvalue weighted by Gasteiger charge is -2.24. The van der Waals surface area contributed by atoms with Gasteiger partial charge in [-0.2, -0.15) is 0 Å². The van der Waals surface area contributed by atoms with Gasteiger partial charge in [0.05, 0.1) is 0 Å². The van der Waals surface area contributed by atoms with Crippen LogP contribution in [0.5, 0.6) is 5.75 Å². The molecule has 1 aromatic heterocycles. The number of rotatable bonds is 8. The summed E-state index contributed by atoms with van der Waals surface area (Å²) >= 11 is 6.17. The average Bonchev–Trinajstić information content (AvgIpc) is 3.21. The van der Waals surface area contributed by atoms with E-state index in [2.05, 4.69) is 21.5 Å². The first kappa shape index (κ1) is 24.6. The minimum atomic E-state index is -4.75. The normalized spacial score (nSPS) is 21.3. The molecule has 2 atom stereocenters. The van der Waals surface area contributed by atoms with Crippen LogP contribution in [0.4, 0.5) is 13.2 Å². The van der Waals surface area contributed by atoms with Crippen LogP contribution in [0.3, 0.4) is 0 Å². The van der Waals surface area contributed by atoms with Crippen LogP contribution in [0.2, 0.25) is 5.02 Å². The van der Waals surface area contributed by atoms with Crippen LogP contribution in [0.1, 0.15) is 23.0 Å². The summed E-state index contributed by atoms with van der Waals surface area (Å²) in [4.78, 5) is 22.1. The first-order valence-electron chi connectivity index (χ1n) is 11.9. The number of nitrogens with zero attached hydrogens (tertiary/aromatic N) is 4. The number of piperidine rings is 1. The number of halogens is 4. The molecule has 1 saturated heterocycles. The topological polar surface area (TPSA) is 50.6 Å². The molecule has 36 heavy (non-hydrogen) atoms. The molecular weight excluding hydrogens is 493 g/mol. The highest BCUT2D eigenvalue weighted by Gasteiger charge is 2.55. The van der Waals surface area contributed by atoms with Crippen LogP contribution in [0.15, 0.2) is 61.1 Å². The zero-order chi connectivity index (χ0) is 25.4. The van der Waals surface area contributed by atoms with E-state index in [4.69, 9.17) is 11.6 Å². The van der Waals surface area contributed by atoms with Gasteiger partial charge in [0.25, 0.3) is 5.91 Å². The van der Waals surface area contributed by atoms with E-state index in [0.29, 0.717) is 41.6 Å². The van der Waals surface area contributed by atoms with Gasteiger partial charge in [0.15, 0.2) is 0 Å². The fourth-order valence-corrected chi connectivity index (χ4v) is 5.36. The molecule has 1 aliphatic carbocycles. The smallest absolute Gasteiger partial charge is 0.406 e. The summed E-state index contributed by atoms with van der Waals surface area (Å²) < 4.78 is 42.8. The Morgan fingerprint density at radius 2 is 1.89 bits per heavy atom. The first-order chi connectivity index (χ1) is 17.2. The largest absolute Gasteiger partial charge is 0.573 e. The molecule has 2 aromatic carbocycles. The Morgan fingerprint density at radius 3 is 2.53 bits per heavy atom. The molecule has 5 rings (SSSR count). The minimum absolute atomic E-state index is 0.192. The van der Waals surface area contributed by atoms with E-state index in [1.165, 1.54) is 30.6 Å². The highest BCUT2D eigenvalue weighted by Crippen LogP contribution is 2.52. The maximum absolute atomic E-state index is 13.6. The summed E-state index contributed by atoms with van der Waals surface area (Å²) in [5.74, 6) is 1.21. The Morgan fingerprint density at radius 1 is 1.17 bits per heavy atom. The van der Waals surface area contributed by atoms with Crippen molar-refractivity contribution in [2.45, 2.75) is 19.8 Å². The van der Waals surface area contributed by atoms with Crippen molar-refractivity contribution >= 4 is 17.5 Å². The van der Waals surface area contributed by atoms with Crippen LogP contribution < -0.4 is 4.74 Å². The molecule has 2 fully saturated rings. The van der Waals surface area contributed by atoms with Gasteiger partial charge in [-0.25, -0.2) is 4.98 Å². The van der Waals surface area contributed by atoms with Crippen LogP contribution >= 0.6 is 11.6 Å². The van der Waals surface area contributed by atoms with Crippen LogP contribution in [0.25, 0.3) is 5.69 Å². The number of benzene rings is 2. The summed E-state index contributed by atoms with van der Waals surface area (Å²) in [7, 11) is 0. The van der Waals surface area contributed by atoms with Gasteiger partial charge in [-0.05, 0) is 66.3 Å². The molecule has 190 valence electrons. The number of alkyl halides is 3. The maximum Gasteiger partial charge on any atom is 0.573 e. The fraction of sp³-hybridized carbons (Fsp3) is 0.385. The molecular formula is C26H26ClF3N4O2. The quantitative estimate of drug-likeness (QED) is 0.408. The number of likely N-dealkylation sites (tertiary alicyclic amines) is 1. The molecule has 6 nitrogen and oxygen atoms in total. The first-order valence-corrected chi connectivity index (χ1v) is 12.2. The number of aromatic nitrogens is 2. The van der Waals surface area contributed by atoms with Crippen LogP contribution in [-0.4, -0.2) is 57.8 Å². The van der Waals surface area contributed by atoms with Gasteiger partial charge in [0, 0.05) is 43.1 Å². The molecule has 0 radical (unpaired) electrons. The second-order valence-corrected chi connectivity index (χ2v) is 9.80. The van der Waals surface area contributed by atoms with Gasteiger partial charge in [-0.15, -0.1) is 13.2 Å². The number of ether oxygens (including phenoxy) is 1. The third-order valence-corrected chi connectivity index (χ3v) is 7.28. The molecule has 0 spiro atoms. The molecule has 2 aliphatic rings. The highest BCUT2D eigenvalue weighted by molar-refractivity contribution is 6.30. The Labute approximate surface area is 212 Å². The fourth-order valence-electron chi connectivity index (χ4n) is 5.15. The lowest BCUT2D eigenvalue weighted by molar-refractivity contribution is -0.274. The molecule has 1 aliphatic heterocycles. The van der Waals surface area contributed by atoms with Crippen LogP contribution in [-0.2, 0) is 6.54 Å². The Balaban J connectivity index is 1.32. The summed E-state index contributed by atoms with van der Waals surface area (Å²) in [6.45, 7) is 6.44. The number of imidazole rings is 1. The Kier molecular flexibility index (Phi) is 6.70. The molecule has 1 saturated carbocycles. The molecule has 1 amide bonds. The summed E-state index contributed by atoms with van der Waals surface area (Å²) in [5, 5.41) is 0.615. The molecule has 0 N–H and O–H groups in total. The number of carbonyl (C=O) groups excluding carboxylic acids is 1. The molecule has 10 heteroatoms. The van der Waals surface area contributed by atoms with Gasteiger partial charge in [0.1, 0.15) is 17.8 Å². The van der Waals surface area contributed by atoms with Crippen molar-refractivity contribution in [2.24, 2.45) is 17.8 Å². The van der Waals surface area contributed by atoms with E-state index in [0.717, 1.165) is 25.2 Å². The Hall–Kier alpha value is -3.04. The number of hydrogen-bond acceptors (Lipinski definition) is 4. The highest BCUT2D eigenvalue weighted by atomic mass is 35.5. The summed E-state index contributed by atoms with van der Waals surface area (Å²) in [6.07, 6.45) is -1.67. The van der Waals surface area contributed by atoms with Gasteiger partial charge in [-0.1, -0.05) is 30.7 Å². The van der Waals surface area contributed by atoms with Gasteiger partial charge < -0.3 is 19.1 Å². The second kappa shape index (κ2) is 9.78. The number of fused-ring (bicyclic) bond motifs is 1. The lowest BCUT2D eigenvalue weighted by Crippen LogP contribution is -2.35. The van der Waals surface area contributed by atoms with Crippen LogP contribution in [0, 0.1) is 17.8 Å². The third-order valence-electron chi connectivity index (χ3n) is 7.05. The van der Waals surface area contributed by atoms with E-state index < -0.39 is 6.36 Å². The second-order valence-electron chi connectivity index (χ2n) is 9.37. The number of carbonyl (C=O) groups is 1. The maximum atomic E-state index is 13.6. The molecule has 2 heterocycles. The van der Waals surface area contributed by atoms with E-state index in [-0.39, 0.29) is 17.4 Å². The summed E-state index contributed by atoms with van der Waals surface area (Å²) in [6, 6.07) is 12.9. The van der Waals surface area contributed by atoms with Crippen molar-refractivity contribution < 1.29 is 22.7 Å². The van der Waals surface area contributed by atoms with E-state index in [1.807, 2.05) is 23.1 Å². The molecule has 0 bridgehead atoms. The lowest BCUT2D eigenvalue weighted by atomic mass is 10.1. The predicted molar refractivity (Wildman–Crippen MR) is 129 cm³/mol. The number of hydrogen-bond donors (Lipinski definition) is 0. The minimum Gasteiger partial charge on any atom is -0.406 e. The predicted octanol–water partition coefficient (Wildman–Crippen LogP) is 5.26.